The van der Waals surface area contributed by atoms with Gasteiger partial charge in [-0.1, -0.05) is 68.2 Å². The summed E-state index contributed by atoms with van der Waals surface area (Å²) in [5.41, 5.74) is 1.06. The fraction of sp³-hybridized carbons (Fsp3) is 0.833. The van der Waals surface area contributed by atoms with Crippen molar-refractivity contribution in [3.8, 4) is 0 Å². The third-order valence-corrected chi connectivity index (χ3v) is 11.4. The third kappa shape index (κ3) is 11.8. The number of ether oxygens (including phenoxy) is 1. The number of carbonyl (C=O) groups excluding carboxylic acids is 1. The topological polar surface area (TPSA) is 78.9 Å². The van der Waals surface area contributed by atoms with E-state index in [1.54, 1.807) is 7.11 Å². The summed E-state index contributed by atoms with van der Waals surface area (Å²) in [4.78, 5) is 30.2. The molecule has 0 bridgehead atoms. The first kappa shape index (κ1) is 39.6. The molecule has 7 heteroatoms. The molecule has 2 saturated carbocycles. The van der Waals surface area contributed by atoms with E-state index in [0.29, 0.717) is 27.8 Å². The molecule has 2 fully saturated rings. The van der Waals surface area contributed by atoms with Crippen LogP contribution in [0.3, 0.4) is 0 Å². The van der Waals surface area contributed by atoms with E-state index >= 15 is 0 Å². The van der Waals surface area contributed by atoms with Crippen molar-refractivity contribution in [3.05, 3.63) is 15.8 Å². The molecule has 1 aromatic heterocycles. The second-order valence-electron chi connectivity index (χ2n) is 12.9. The highest BCUT2D eigenvalue weighted by Gasteiger charge is 2.38. The zero-order valence-corrected chi connectivity index (χ0v) is 30.2. The monoisotopic (exact) mass is 622 g/mol. The number of aromatic carboxylic acids is 1. The van der Waals surface area contributed by atoms with Crippen LogP contribution in [0.2, 0.25) is 0 Å². The summed E-state index contributed by atoms with van der Waals surface area (Å²) >= 11 is 1.42. The van der Waals surface area contributed by atoms with E-state index in [2.05, 4.69) is 52.9 Å². The van der Waals surface area contributed by atoms with Crippen molar-refractivity contribution >= 4 is 28.9 Å². The van der Waals surface area contributed by atoms with Gasteiger partial charge in [0.25, 0.3) is 0 Å². The van der Waals surface area contributed by atoms with Crippen LogP contribution in [0.4, 0.5) is 5.69 Å². The van der Waals surface area contributed by atoms with Gasteiger partial charge in [-0.15, -0.1) is 11.3 Å². The number of carboxylic acid groups (broad SMARTS) is 1. The summed E-state index contributed by atoms with van der Waals surface area (Å²) in [5, 5.41) is 13.2. The molecule has 2 unspecified atom stereocenters. The molecule has 3 rings (SSSR count). The van der Waals surface area contributed by atoms with Gasteiger partial charge in [0, 0.05) is 23.9 Å². The highest BCUT2D eigenvalue weighted by Crippen LogP contribution is 2.48. The van der Waals surface area contributed by atoms with E-state index in [-0.39, 0.29) is 24.0 Å². The minimum absolute atomic E-state index is 0.0341. The van der Waals surface area contributed by atoms with E-state index in [9.17, 15) is 14.7 Å². The maximum atomic E-state index is 14.2. The number of carboxylic acids is 1. The van der Waals surface area contributed by atoms with Crippen molar-refractivity contribution in [1.29, 1.82) is 0 Å². The molecule has 2 atom stereocenters. The summed E-state index contributed by atoms with van der Waals surface area (Å²) < 4.78 is 5.61. The van der Waals surface area contributed by atoms with Gasteiger partial charge in [-0.2, -0.15) is 0 Å². The largest absolute Gasteiger partial charge is 0.477 e. The highest BCUT2D eigenvalue weighted by molar-refractivity contribution is 7.14. The molecule has 0 saturated heterocycles. The average Bonchev–Trinajstić information content (AvgIpc) is 3.48. The molecule has 0 spiro atoms. The quantitative estimate of drug-likeness (QED) is 0.229. The standard InChI is InChI=1S/C31H51NO4S.C3H9N.C2H6/c1-7-21(4)10-11-22(8-2)29(33)32(24-12-14-25(36-6)15-13-24)26-20-27(37-28(26)30(34)35)23-16-18-31(5,9-3)19-17-23;1-3-4-2;1-2/h20-25H,7-19H2,1-6H3,(H,34,35);4H,3H2,1-2H3;1-2H3. The number of hydrogen-bond donors (Lipinski definition) is 2. The molecule has 2 N–H and O–H groups in total. The summed E-state index contributed by atoms with van der Waals surface area (Å²) in [6.07, 6.45) is 13.3. The van der Waals surface area contributed by atoms with Crippen LogP contribution in [-0.4, -0.2) is 49.8 Å². The van der Waals surface area contributed by atoms with E-state index in [1.807, 2.05) is 25.8 Å². The predicted octanol–water partition coefficient (Wildman–Crippen LogP) is 9.92. The van der Waals surface area contributed by atoms with E-state index in [4.69, 9.17) is 4.74 Å². The van der Waals surface area contributed by atoms with Crippen LogP contribution in [0.5, 0.6) is 0 Å². The number of anilines is 1. The van der Waals surface area contributed by atoms with Gasteiger partial charge in [0.05, 0.1) is 11.8 Å². The van der Waals surface area contributed by atoms with Crippen LogP contribution >= 0.6 is 11.3 Å². The number of amides is 1. The van der Waals surface area contributed by atoms with Gasteiger partial charge < -0.3 is 20.1 Å². The van der Waals surface area contributed by atoms with Crippen molar-refractivity contribution in [2.45, 2.75) is 157 Å². The van der Waals surface area contributed by atoms with Crippen molar-refractivity contribution in [3.63, 3.8) is 0 Å². The molecule has 1 aromatic rings. The number of carbonyl (C=O) groups is 2. The number of hydrogen-bond acceptors (Lipinski definition) is 5. The lowest BCUT2D eigenvalue weighted by atomic mass is 9.70. The van der Waals surface area contributed by atoms with Gasteiger partial charge in [-0.25, -0.2) is 4.79 Å². The normalized spacial score (nSPS) is 24.9. The van der Waals surface area contributed by atoms with E-state index < -0.39 is 5.97 Å². The van der Waals surface area contributed by atoms with Gasteiger partial charge in [-0.3, -0.25) is 4.79 Å². The molecule has 1 heterocycles. The SMILES string of the molecule is CC.CCC(C)CCC(CC)C(=O)N(c1cc(C2CCC(C)(CC)CC2)sc1C(=O)O)C1CCC(OC)CC1.CCNC. The Balaban J connectivity index is 0.00000142. The molecule has 250 valence electrons. The smallest absolute Gasteiger partial charge is 0.348 e. The Hall–Kier alpha value is -1.44. The molecule has 0 aliphatic heterocycles. The number of nitrogens with one attached hydrogen (secondary N) is 1. The van der Waals surface area contributed by atoms with Crippen LogP contribution in [0.15, 0.2) is 6.07 Å². The van der Waals surface area contributed by atoms with Gasteiger partial charge in [0.1, 0.15) is 4.88 Å². The predicted molar refractivity (Wildman–Crippen MR) is 185 cm³/mol. The zero-order chi connectivity index (χ0) is 32.6. The number of rotatable bonds is 13. The Labute approximate surface area is 268 Å². The van der Waals surface area contributed by atoms with Crippen molar-refractivity contribution < 1.29 is 19.4 Å². The van der Waals surface area contributed by atoms with Crippen LogP contribution in [0.25, 0.3) is 0 Å². The fourth-order valence-electron chi connectivity index (χ4n) is 6.31. The lowest BCUT2D eigenvalue weighted by Crippen LogP contribution is -2.46. The lowest BCUT2D eigenvalue weighted by molar-refractivity contribution is -0.123. The Kier molecular flexibility index (Phi) is 18.9. The van der Waals surface area contributed by atoms with Gasteiger partial charge >= 0.3 is 5.97 Å². The van der Waals surface area contributed by atoms with Gasteiger partial charge in [0.15, 0.2) is 0 Å². The molecule has 1 amide bonds. The van der Waals surface area contributed by atoms with Crippen LogP contribution in [0.1, 0.15) is 159 Å². The maximum absolute atomic E-state index is 14.2. The van der Waals surface area contributed by atoms with Crippen molar-refractivity contribution in [2.24, 2.45) is 17.3 Å². The van der Waals surface area contributed by atoms with Gasteiger partial charge in [-0.05, 0) is 108 Å². The summed E-state index contributed by atoms with van der Waals surface area (Å²) in [6.45, 7) is 18.4. The summed E-state index contributed by atoms with van der Waals surface area (Å²) in [5.74, 6) is 0.135. The van der Waals surface area contributed by atoms with Crippen molar-refractivity contribution in [2.75, 3.05) is 25.6 Å². The molecule has 0 radical (unpaired) electrons. The minimum Gasteiger partial charge on any atom is -0.477 e. The second kappa shape index (κ2) is 20.6. The Morgan fingerprint density at radius 1 is 1.05 bits per heavy atom. The second-order valence-corrected chi connectivity index (χ2v) is 14.0. The van der Waals surface area contributed by atoms with E-state index in [1.165, 1.54) is 30.6 Å². The Morgan fingerprint density at radius 3 is 2.07 bits per heavy atom. The molecular weight excluding hydrogens is 556 g/mol. The lowest BCUT2D eigenvalue weighted by Gasteiger charge is -2.38. The fourth-order valence-corrected chi connectivity index (χ4v) is 7.47. The molecule has 0 aromatic carbocycles. The average molecular weight is 623 g/mol. The summed E-state index contributed by atoms with van der Waals surface area (Å²) in [7, 11) is 3.69. The highest BCUT2D eigenvalue weighted by atomic mass is 32.1. The first-order valence-corrected chi connectivity index (χ1v) is 18.3. The molecule has 6 nitrogen and oxygen atoms in total. The van der Waals surface area contributed by atoms with Gasteiger partial charge in [0.2, 0.25) is 5.91 Å². The zero-order valence-electron chi connectivity index (χ0n) is 29.4. The van der Waals surface area contributed by atoms with Crippen LogP contribution in [0, 0.1) is 17.3 Å². The first-order chi connectivity index (χ1) is 20.6. The third-order valence-electron chi connectivity index (χ3n) is 10.1. The number of methoxy groups -OCH3 is 1. The Morgan fingerprint density at radius 2 is 1.63 bits per heavy atom. The molecular formula is C36H66N2O4S. The molecule has 2 aliphatic rings. The maximum Gasteiger partial charge on any atom is 0.348 e. The Bertz CT molecular complexity index is 914. The first-order valence-electron chi connectivity index (χ1n) is 17.4. The van der Waals surface area contributed by atoms with Crippen molar-refractivity contribution in [1.82, 2.24) is 5.32 Å². The number of thiophene rings is 1. The number of nitrogens with zero attached hydrogens (tertiary/aromatic N) is 1. The minimum atomic E-state index is -0.906. The summed E-state index contributed by atoms with van der Waals surface area (Å²) in [6, 6.07) is 2.13. The molecule has 43 heavy (non-hydrogen) atoms. The van der Waals surface area contributed by atoms with Crippen LogP contribution < -0.4 is 10.2 Å². The van der Waals surface area contributed by atoms with E-state index in [0.717, 1.165) is 75.6 Å². The van der Waals surface area contributed by atoms with Crippen LogP contribution in [-0.2, 0) is 9.53 Å². The molecule has 2 aliphatic carbocycles.